The lowest BCUT2D eigenvalue weighted by Crippen LogP contribution is -2.34. The molecular formula is C14H17FN2O3. The standard InChI is InChI=1S/C14H17FN2O3/c1-2-14(5-6-14)8-16-13(20)17-11-4-3-9(15)7-10(11)12(18)19/h3-4,7H,2,5-6,8H2,1H3,(H,18,19)(H2,16,17,20). The van der Waals surface area contributed by atoms with Crippen molar-refractivity contribution >= 4 is 17.7 Å². The van der Waals surface area contributed by atoms with Crippen molar-refractivity contribution in [3.63, 3.8) is 0 Å². The molecule has 0 aliphatic heterocycles. The third-order valence-corrected chi connectivity index (χ3v) is 3.79. The van der Waals surface area contributed by atoms with Crippen molar-refractivity contribution in [1.29, 1.82) is 0 Å². The number of carbonyl (C=O) groups is 2. The third-order valence-electron chi connectivity index (χ3n) is 3.79. The molecule has 1 aliphatic rings. The maximum Gasteiger partial charge on any atom is 0.337 e. The lowest BCUT2D eigenvalue weighted by atomic mass is 10.0. The average molecular weight is 280 g/mol. The van der Waals surface area contributed by atoms with Crippen LogP contribution < -0.4 is 10.6 Å². The van der Waals surface area contributed by atoms with Gasteiger partial charge in [-0.1, -0.05) is 6.92 Å². The fraction of sp³-hybridized carbons (Fsp3) is 0.429. The molecule has 0 spiro atoms. The predicted molar refractivity (Wildman–Crippen MR) is 72.3 cm³/mol. The Morgan fingerprint density at radius 1 is 1.40 bits per heavy atom. The Balaban J connectivity index is 1.99. The van der Waals surface area contributed by atoms with Gasteiger partial charge in [-0.2, -0.15) is 0 Å². The number of hydrogen-bond acceptors (Lipinski definition) is 2. The predicted octanol–water partition coefficient (Wildman–Crippen LogP) is 2.84. The van der Waals surface area contributed by atoms with Gasteiger partial charge in [0.15, 0.2) is 0 Å². The molecule has 0 saturated heterocycles. The van der Waals surface area contributed by atoms with Gasteiger partial charge in [0.05, 0.1) is 11.3 Å². The lowest BCUT2D eigenvalue weighted by Gasteiger charge is -2.14. The van der Waals surface area contributed by atoms with Crippen molar-refractivity contribution in [2.75, 3.05) is 11.9 Å². The van der Waals surface area contributed by atoms with Gasteiger partial charge in [0.1, 0.15) is 5.82 Å². The summed E-state index contributed by atoms with van der Waals surface area (Å²) in [5, 5.41) is 14.1. The first-order chi connectivity index (χ1) is 9.46. The van der Waals surface area contributed by atoms with Crippen LogP contribution in [0, 0.1) is 11.2 Å². The third kappa shape index (κ3) is 3.26. The molecule has 0 aromatic heterocycles. The van der Waals surface area contributed by atoms with Crippen LogP contribution in [-0.4, -0.2) is 23.7 Å². The Kier molecular flexibility index (Phi) is 3.92. The molecule has 2 rings (SSSR count). The fourth-order valence-corrected chi connectivity index (χ4v) is 2.07. The van der Waals surface area contributed by atoms with Crippen LogP contribution >= 0.6 is 0 Å². The first-order valence-electron chi connectivity index (χ1n) is 6.53. The van der Waals surface area contributed by atoms with Gasteiger partial charge in [-0.3, -0.25) is 0 Å². The minimum atomic E-state index is -1.29. The van der Waals surface area contributed by atoms with Gasteiger partial charge >= 0.3 is 12.0 Å². The first kappa shape index (κ1) is 14.3. The Morgan fingerprint density at radius 2 is 2.10 bits per heavy atom. The van der Waals surface area contributed by atoms with Crippen LogP contribution in [0.1, 0.15) is 36.5 Å². The molecule has 20 heavy (non-hydrogen) atoms. The second-order valence-corrected chi connectivity index (χ2v) is 5.16. The van der Waals surface area contributed by atoms with Crippen molar-refractivity contribution in [1.82, 2.24) is 5.32 Å². The van der Waals surface area contributed by atoms with Crippen LogP contribution in [0.4, 0.5) is 14.9 Å². The maximum absolute atomic E-state index is 13.0. The number of hydrogen-bond donors (Lipinski definition) is 3. The minimum absolute atomic E-state index is 0.0812. The van der Waals surface area contributed by atoms with Crippen LogP contribution in [0.5, 0.6) is 0 Å². The summed E-state index contributed by atoms with van der Waals surface area (Å²) in [6.07, 6.45) is 3.20. The van der Waals surface area contributed by atoms with E-state index in [0.29, 0.717) is 6.54 Å². The van der Waals surface area contributed by atoms with E-state index in [4.69, 9.17) is 5.11 Å². The summed E-state index contributed by atoms with van der Waals surface area (Å²) < 4.78 is 13.0. The van der Waals surface area contributed by atoms with Crippen LogP contribution in [0.3, 0.4) is 0 Å². The van der Waals surface area contributed by atoms with Crippen LogP contribution in [0.25, 0.3) is 0 Å². The number of halogens is 1. The quantitative estimate of drug-likeness (QED) is 0.776. The lowest BCUT2D eigenvalue weighted by molar-refractivity contribution is 0.0697. The number of aromatic carboxylic acids is 1. The number of carboxylic acid groups (broad SMARTS) is 1. The molecule has 1 fully saturated rings. The summed E-state index contributed by atoms with van der Waals surface area (Å²) in [4.78, 5) is 22.7. The zero-order valence-corrected chi connectivity index (χ0v) is 11.2. The van der Waals surface area contributed by atoms with Gasteiger partial charge in [-0.05, 0) is 42.9 Å². The van der Waals surface area contributed by atoms with E-state index in [1.54, 1.807) is 0 Å². The Morgan fingerprint density at radius 3 is 2.65 bits per heavy atom. The summed E-state index contributed by atoms with van der Waals surface area (Å²) in [6.45, 7) is 2.65. The molecule has 1 aromatic carbocycles. The summed E-state index contributed by atoms with van der Waals surface area (Å²) in [5.74, 6) is -1.94. The number of benzene rings is 1. The molecule has 1 aromatic rings. The van der Waals surface area contributed by atoms with Crippen LogP contribution in [0.2, 0.25) is 0 Å². The zero-order valence-electron chi connectivity index (χ0n) is 11.2. The number of anilines is 1. The zero-order chi connectivity index (χ0) is 14.8. The van der Waals surface area contributed by atoms with Crippen molar-refractivity contribution in [3.05, 3.63) is 29.6 Å². The molecule has 0 heterocycles. The van der Waals surface area contributed by atoms with E-state index in [-0.39, 0.29) is 16.7 Å². The number of nitrogens with one attached hydrogen (secondary N) is 2. The second-order valence-electron chi connectivity index (χ2n) is 5.16. The average Bonchev–Trinajstić information content (AvgIpc) is 3.19. The molecule has 108 valence electrons. The number of amides is 2. The molecule has 6 heteroatoms. The Hall–Kier alpha value is -2.11. The SMILES string of the molecule is CCC1(CNC(=O)Nc2ccc(F)cc2C(=O)O)CC1. The van der Waals surface area contributed by atoms with Crippen molar-refractivity contribution in [2.24, 2.45) is 5.41 Å². The van der Waals surface area contributed by atoms with Gasteiger partial charge in [-0.15, -0.1) is 0 Å². The van der Waals surface area contributed by atoms with Gasteiger partial charge < -0.3 is 15.7 Å². The second kappa shape index (κ2) is 5.48. The van der Waals surface area contributed by atoms with E-state index in [2.05, 4.69) is 17.6 Å². The summed E-state index contributed by atoms with van der Waals surface area (Å²) >= 11 is 0. The molecule has 2 amide bonds. The molecule has 1 saturated carbocycles. The first-order valence-corrected chi connectivity index (χ1v) is 6.53. The molecule has 5 nitrogen and oxygen atoms in total. The molecular weight excluding hydrogens is 263 g/mol. The van der Waals surface area contributed by atoms with Gasteiger partial charge in [-0.25, -0.2) is 14.0 Å². The number of urea groups is 1. The molecule has 1 aliphatic carbocycles. The highest BCUT2D eigenvalue weighted by Gasteiger charge is 2.40. The molecule has 0 bridgehead atoms. The van der Waals surface area contributed by atoms with Gasteiger partial charge in [0, 0.05) is 6.54 Å². The number of carbonyl (C=O) groups excluding carboxylic acids is 1. The highest BCUT2D eigenvalue weighted by Crippen LogP contribution is 2.47. The summed E-state index contributed by atoms with van der Waals surface area (Å²) in [7, 11) is 0. The van der Waals surface area contributed by atoms with Crippen molar-refractivity contribution < 1.29 is 19.1 Å². The van der Waals surface area contributed by atoms with E-state index in [1.807, 2.05) is 0 Å². The van der Waals surface area contributed by atoms with Crippen molar-refractivity contribution in [2.45, 2.75) is 26.2 Å². The molecule has 0 radical (unpaired) electrons. The fourth-order valence-electron chi connectivity index (χ4n) is 2.07. The minimum Gasteiger partial charge on any atom is -0.478 e. The van der Waals surface area contributed by atoms with E-state index >= 15 is 0 Å². The van der Waals surface area contributed by atoms with Gasteiger partial charge in [0.2, 0.25) is 0 Å². The number of rotatable bonds is 5. The van der Waals surface area contributed by atoms with E-state index in [9.17, 15) is 14.0 Å². The van der Waals surface area contributed by atoms with Crippen LogP contribution in [-0.2, 0) is 0 Å². The molecule has 0 atom stereocenters. The van der Waals surface area contributed by atoms with Crippen molar-refractivity contribution in [3.8, 4) is 0 Å². The summed E-state index contributed by atoms with van der Waals surface area (Å²) in [5.41, 5.74) is 0.0185. The molecule has 0 unspecified atom stereocenters. The maximum atomic E-state index is 13.0. The van der Waals surface area contributed by atoms with E-state index in [0.717, 1.165) is 31.4 Å². The topological polar surface area (TPSA) is 78.4 Å². The summed E-state index contributed by atoms with van der Waals surface area (Å²) in [6, 6.07) is 2.76. The van der Waals surface area contributed by atoms with E-state index < -0.39 is 17.8 Å². The van der Waals surface area contributed by atoms with Crippen LogP contribution in [0.15, 0.2) is 18.2 Å². The highest BCUT2D eigenvalue weighted by atomic mass is 19.1. The normalized spacial score (nSPS) is 15.5. The number of carboxylic acids is 1. The Bertz CT molecular complexity index is 541. The smallest absolute Gasteiger partial charge is 0.337 e. The van der Waals surface area contributed by atoms with Gasteiger partial charge in [0.25, 0.3) is 0 Å². The highest BCUT2D eigenvalue weighted by molar-refractivity contribution is 5.99. The Labute approximate surface area is 116 Å². The molecule has 3 N–H and O–H groups in total. The van der Waals surface area contributed by atoms with E-state index in [1.165, 1.54) is 6.07 Å². The largest absolute Gasteiger partial charge is 0.478 e. The monoisotopic (exact) mass is 280 g/mol.